The number of amides is 1. The molecule has 0 saturated carbocycles. The van der Waals surface area contributed by atoms with Gasteiger partial charge in [0.25, 0.3) is 17.0 Å². The van der Waals surface area contributed by atoms with Crippen molar-refractivity contribution in [2.45, 2.75) is 33.2 Å². The molecule has 2 N–H and O–H groups in total. The van der Waals surface area contributed by atoms with Crippen LogP contribution in [0.3, 0.4) is 0 Å². The number of carbonyl (C=O) groups excluding carboxylic acids is 1. The summed E-state index contributed by atoms with van der Waals surface area (Å²) in [6.07, 6.45) is 2.11. The summed E-state index contributed by atoms with van der Waals surface area (Å²) in [5.41, 5.74) is 0.694. The molecule has 8 nitrogen and oxygen atoms in total. The topological polar surface area (TPSA) is 100 Å². The summed E-state index contributed by atoms with van der Waals surface area (Å²) in [4.78, 5) is 45.9. The molecule has 0 atom stereocenters. The van der Waals surface area contributed by atoms with E-state index in [2.05, 4.69) is 27.1 Å². The fourth-order valence-electron chi connectivity index (χ4n) is 3.12. The summed E-state index contributed by atoms with van der Waals surface area (Å²) < 4.78 is 1.43. The summed E-state index contributed by atoms with van der Waals surface area (Å²) >= 11 is 0. The maximum atomic E-state index is 12.4. The standard InChI is InChI=1S/C19H25N5O3/c1-12-6-8-24(9-7-12)19-21-14(10-16(25)22-19)11-20-17(26)15-5-4-13(2)23(3)18(15)27/h4-5,10,12H,6-9,11H2,1-3H3,(H,20,26)(H,21,22,25). The SMILES string of the molecule is Cc1ccc(C(=O)NCc2cc(=O)[nH]c(N3CCC(C)CC3)n2)c(=O)n1C. The number of piperidine rings is 1. The van der Waals surface area contributed by atoms with E-state index >= 15 is 0 Å². The monoisotopic (exact) mass is 371 g/mol. The molecule has 0 radical (unpaired) electrons. The lowest BCUT2D eigenvalue weighted by Gasteiger charge is -2.30. The molecule has 0 bridgehead atoms. The average molecular weight is 371 g/mol. The van der Waals surface area contributed by atoms with E-state index in [-0.39, 0.29) is 23.2 Å². The van der Waals surface area contributed by atoms with Crippen LogP contribution in [0.5, 0.6) is 0 Å². The summed E-state index contributed by atoms with van der Waals surface area (Å²) in [5.74, 6) is 0.725. The molecule has 27 heavy (non-hydrogen) atoms. The van der Waals surface area contributed by atoms with Crippen molar-refractivity contribution in [3.63, 3.8) is 0 Å². The molecule has 8 heteroatoms. The van der Waals surface area contributed by atoms with Gasteiger partial charge >= 0.3 is 0 Å². The zero-order valence-electron chi connectivity index (χ0n) is 15.9. The number of H-pyrrole nitrogens is 1. The van der Waals surface area contributed by atoms with Crippen LogP contribution in [0.15, 0.2) is 27.8 Å². The van der Waals surface area contributed by atoms with Crippen LogP contribution in [-0.2, 0) is 13.6 Å². The molecule has 3 rings (SSSR count). The normalized spacial score (nSPS) is 15.0. The Morgan fingerprint density at radius 2 is 2.00 bits per heavy atom. The van der Waals surface area contributed by atoms with Crippen molar-refractivity contribution < 1.29 is 4.79 Å². The van der Waals surface area contributed by atoms with Gasteiger partial charge in [-0.05, 0) is 37.8 Å². The molecule has 1 saturated heterocycles. The fraction of sp³-hybridized carbons (Fsp3) is 0.474. The number of aromatic nitrogens is 3. The highest BCUT2D eigenvalue weighted by atomic mass is 16.2. The Morgan fingerprint density at radius 3 is 2.70 bits per heavy atom. The summed E-state index contributed by atoms with van der Waals surface area (Å²) in [7, 11) is 1.62. The second-order valence-corrected chi connectivity index (χ2v) is 7.17. The zero-order chi connectivity index (χ0) is 19.6. The van der Waals surface area contributed by atoms with Crippen LogP contribution in [-0.4, -0.2) is 33.5 Å². The van der Waals surface area contributed by atoms with Gasteiger partial charge in [0.05, 0.1) is 12.2 Å². The van der Waals surface area contributed by atoms with Crippen LogP contribution in [0.1, 0.15) is 41.5 Å². The predicted octanol–water partition coefficient (Wildman–Crippen LogP) is 0.943. The Morgan fingerprint density at radius 1 is 1.30 bits per heavy atom. The van der Waals surface area contributed by atoms with Gasteiger partial charge in [-0.25, -0.2) is 4.98 Å². The van der Waals surface area contributed by atoms with Gasteiger partial charge in [0, 0.05) is 31.9 Å². The number of aromatic amines is 1. The van der Waals surface area contributed by atoms with E-state index in [1.54, 1.807) is 20.0 Å². The Labute approximate surface area is 157 Å². The molecular weight excluding hydrogens is 346 g/mol. The quantitative estimate of drug-likeness (QED) is 0.833. The highest BCUT2D eigenvalue weighted by molar-refractivity contribution is 5.93. The van der Waals surface area contributed by atoms with Crippen molar-refractivity contribution in [3.05, 3.63) is 55.9 Å². The molecular formula is C19H25N5O3. The van der Waals surface area contributed by atoms with Crippen molar-refractivity contribution >= 4 is 11.9 Å². The van der Waals surface area contributed by atoms with Crippen LogP contribution in [0.25, 0.3) is 0 Å². The third-order valence-corrected chi connectivity index (χ3v) is 5.10. The second kappa shape index (κ2) is 7.77. The molecule has 1 fully saturated rings. The van der Waals surface area contributed by atoms with Gasteiger partial charge in [-0.15, -0.1) is 0 Å². The minimum Gasteiger partial charge on any atom is -0.346 e. The Hall–Kier alpha value is -2.90. The first kappa shape index (κ1) is 18.9. The van der Waals surface area contributed by atoms with Crippen LogP contribution < -0.4 is 21.3 Å². The maximum absolute atomic E-state index is 12.4. The Bertz CT molecular complexity index is 955. The number of anilines is 1. The van der Waals surface area contributed by atoms with E-state index in [1.165, 1.54) is 16.7 Å². The summed E-state index contributed by atoms with van der Waals surface area (Å²) in [5, 5.41) is 2.68. The zero-order valence-corrected chi connectivity index (χ0v) is 15.9. The van der Waals surface area contributed by atoms with E-state index in [0.717, 1.165) is 31.6 Å². The number of hydrogen-bond acceptors (Lipinski definition) is 5. The molecule has 3 heterocycles. The van der Waals surface area contributed by atoms with Gasteiger partial charge in [-0.2, -0.15) is 0 Å². The van der Waals surface area contributed by atoms with E-state index in [9.17, 15) is 14.4 Å². The van der Waals surface area contributed by atoms with Crippen LogP contribution in [0.2, 0.25) is 0 Å². The van der Waals surface area contributed by atoms with Crippen LogP contribution >= 0.6 is 0 Å². The third-order valence-electron chi connectivity index (χ3n) is 5.10. The number of rotatable bonds is 4. The lowest BCUT2D eigenvalue weighted by Crippen LogP contribution is -2.36. The summed E-state index contributed by atoms with van der Waals surface area (Å²) in [6, 6.07) is 4.60. The first-order valence-electron chi connectivity index (χ1n) is 9.15. The molecule has 0 aromatic carbocycles. The lowest BCUT2D eigenvalue weighted by atomic mass is 10.00. The van der Waals surface area contributed by atoms with Gasteiger partial charge < -0.3 is 14.8 Å². The van der Waals surface area contributed by atoms with Gasteiger partial charge in [0.2, 0.25) is 5.95 Å². The van der Waals surface area contributed by atoms with Crippen LogP contribution in [0.4, 0.5) is 5.95 Å². The molecule has 2 aromatic rings. The third kappa shape index (κ3) is 4.27. The molecule has 1 aliphatic heterocycles. The average Bonchev–Trinajstić information content (AvgIpc) is 2.64. The minimum atomic E-state index is -0.481. The van der Waals surface area contributed by atoms with Gasteiger partial charge in [-0.1, -0.05) is 6.92 Å². The molecule has 0 aliphatic carbocycles. The number of nitrogens with zero attached hydrogens (tertiary/aromatic N) is 3. The molecule has 1 amide bonds. The van der Waals surface area contributed by atoms with E-state index in [0.29, 0.717) is 17.6 Å². The van der Waals surface area contributed by atoms with Crippen molar-refractivity contribution in [2.75, 3.05) is 18.0 Å². The van der Waals surface area contributed by atoms with Gasteiger partial charge in [-0.3, -0.25) is 19.4 Å². The fourth-order valence-corrected chi connectivity index (χ4v) is 3.12. The molecule has 0 spiro atoms. The van der Waals surface area contributed by atoms with E-state index < -0.39 is 5.91 Å². The highest BCUT2D eigenvalue weighted by Crippen LogP contribution is 2.19. The highest BCUT2D eigenvalue weighted by Gasteiger charge is 2.18. The number of carbonyl (C=O) groups is 1. The number of pyridine rings is 1. The maximum Gasteiger partial charge on any atom is 0.263 e. The van der Waals surface area contributed by atoms with Crippen LogP contribution in [0, 0.1) is 12.8 Å². The van der Waals surface area contributed by atoms with E-state index in [1.807, 2.05) is 0 Å². The predicted molar refractivity (Wildman–Crippen MR) is 103 cm³/mol. The molecule has 1 aliphatic rings. The lowest BCUT2D eigenvalue weighted by molar-refractivity contribution is 0.0948. The Kier molecular flexibility index (Phi) is 5.43. The summed E-state index contributed by atoms with van der Waals surface area (Å²) in [6.45, 7) is 5.79. The molecule has 144 valence electrons. The number of nitrogens with one attached hydrogen (secondary N) is 2. The first-order chi connectivity index (χ1) is 12.8. The minimum absolute atomic E-state index is 0.0678. The van der Waals surface area contributed by atoms with Gasteiger partial charge in [0.1, 0.15) is 5.56 Å². The van der Waals surface area contributed by atoms with Crippen molar-refractivity contribution in [1.82, 2.24) is 19.9 Å². The number of hydrogen-bond donors (Lipinski definition) is 2. The molecule has 2 aromatic heterocycles. The van der Waals surface area contributed by atoms with Crippen molar-refractivity contribution in [3.8, 4) is 0 Å². The van der Waals surface area contributed by atoms with Crippen molar-refractivity contribution in [2.24, 2.45) is 13.0 Å². The first-order valence-corrected chi connectivity index (χ1v) is 9.15. The van der Waals surface area contributed by atoms with Crippen molar-refractivity contribution in [1.29, 1.82) is 0 Å². The van der Waals surface area contributed by atoms with E-state index in [4.69, 9.17) is 0 Å². The Balaban J connectivity index is 1.73. The smallest absolute Gasteiger partial charge is 0.263 e. The number of aryl methyl sites for hydroxylation is 1. The largest absolute Gasteiger partial charge is 0.346 e. The van der Waals surface area contributed by atoms with Gasteiger partial charge in [0.15, 0.2) is 0 Å². The second-order valence-electron chi connectivity index (χ2n) is 7.17. The molecule has 0 unspecified atom stereocenters.